The third-order valence-corrected chi connectivity index (χ3v) is 3.36. The number of rotatable bonds is 2. The maximum atomic E-state index is 11.1. The number of carboxylic acids is 1. The predicted octanol–water partition coefficient (Wildman–Crippen LogP) is 2.30. The number of nitrogens with zero attached hydrogens (tertiary/aromatic N) is 1. The molecule has 1 unspecified atom stereocenters. The Kier molecular flexibility index (Phi) is 2.62. The predicted molar refractivity (Wildman–Crippen MR) is 63.8 cm³/mol. The van der Waals surface area contributed by atoms with Crippen LogP contribution >= 0.6 is 0 Å². The van der Waals surface area contributed by atoms with Gasteiger partial charge in [0.1, 0.15) is 0 Å². The normalized spacial score (nSPS) is 24.8. The van der Waals surface area contributed by atoms with Crippen LogP contribution in [0.5, 0.6) is 0 Å². The monoisotopic (exact) mass is 219 g/mol. The summed E-state index contributed by atoms with van der Waals surface area (Å²) in [5.74, 6) is -0.692. The molecule has 0 aliphatic carbocycles. The Balaban J connectivity index is 2.18. The van der Waals surface area contributed by atoms with Crippen LogP contribution in [0.15, 0.2) is 24.3 Å². The van der Waals surface area contributed by atoms with Gasteiger partial charge in [-0.25, -0.2) is 0 Å². The standard InChI is InChI=1S/C13H17NO2/c1-10-4-3-5-11(8-10)14-7-6-13(2,9-14)12(15)16/h3-5,8H,6-7,9H2,1-2H3,(H,15,16). The SMILES string of the molecule is Cc1cccc(N2CCC(C)(C(=O)O)C2)c1. The molecule has 1 fully saturated rings. The Morgan fingerprint density at radius 2 is 2.25 bits per heavy atom. The Bertz CT molecular complexity index is 416. The van der Waals surface area contributed by atoms with Gasteiger partial charge >= 0.3 is 5.97 Å². The van der Waals surface area contributed by atoms with Gasteiger partial charge in [-0.05, 0) is 38.0 Å². The molecule has 0 aromatic heterocycles. The van der Waals surface area contributed by atoms with Crippen molar-refractivity contribution in [2.24, 2.45) is 5.41 Å². The van der Waals surface area contributed by atoms with E-state index in [-0.39, 0.29) is 0 Å². The molecule has 0 bridgehead atoms. The van der Waals surface area contributed by atoms with Crippen LogP contribution in [0.1, 0.15) is 18.9 Å². The number of benzene rings is 1. The first kappa shape index (κ1) is 11.0. The quantitative estimate of drug-likeness (QED) is 0.829. The zero-order valence-electron chi connectivity index (χ0n) is 9.73. The van der Waals surface area contributed by atoms with E-state index >= 15 is 0 Å². The van der Waals surface area contributed by atoms with Gasteiger partial charge in [0.15, 0.2) is 0 Å². The van der Waals surface area contributed by atoms with Crippen molar-refractivity contribution in [2.75, 3.05) is 18.0 Å². The largest absolute Gasteiger partial charge is 0.481 e. The van der Waals surface area contributed by atoms with Crippen molar-refractivity contribution in [3.8, 4) is 0 Å². The maximum Gasteiger partial charge on any atom is 0.311 e. The number of carbonyl (C=O) groups is 1. The first-order valence-electron chi connectivity index (χ1n) is 5.56. The van der Waals surface area contributed by atoms with Crippen molar-refractivity contribution in [3.05, 3.63) is 29.8 Å². The zero-order valence-corrected chi connectivity index (χ0v) is 9.73. The number of aliphatic carboxylic acids is 1. The summed E-state index contributed by atoms with van der Waals surface area (Å²) in [5.41, 5.74) is 1.75. The number of aryl methyl sites for hydroxylation is 1. The smallest absolute Gasteiger partial charge is 0.311 e. The van der Waals surface area contributed by atoms with E-state index in [1.54, 1.807) is 0 Å². The highest BCUT2D eigenvalue weighted by atomic mass is 16.4. The molecule has 1 aliphatic rings. The molecule has 2 rings (SSSR count). The molecule has 86 valence electrons. The highest BCUT2D eigenvalue weighted by molar-refractivity contribution is 5.76. The average molecular weight is 219 g/mol. The summed E-state index contributed by atoms with van der Waals surface area (Å²) >= 11 is 0. The first-order chi connectivity index (χ1) is 7.51. The molecule has 1 aliphatic heterocycles. The van der Waals surface area contributed by atoms with E-state index in [0.717, 1.165) is 18.7 Å². The molecule has 1 aromatic rings. The van der Waals surface area contributed by atoms with Gasteiger partial charge in [-0.2, -0.15) is 0 Å². The third kappa shape index (κ3) is 1.90. The minimum Gasteiger partial charge on any atom is -0.481 e. The topological polar surface area (TPSA) is 40.5 Å². The summed E-state index contributed by atoms with van der Waals surface area (Å²) in [6.45, 7) is 5.30. The van der Waals surface area contributed by atoms with E-state index in [9.17, 15) is 4.79 Å². The van der Waals surface area contributed by atoms with Crippen molar-refractivity contribution >= 4 is 11.7 Å². The van der Waals surface area contributed by atoms with Gasteiger partial charge in [-0.1, -0.05) is 12.1 Å². The lowest BCUT2D eigenvalue weighted by molar-refractivity contribution is -0.146. The fourth-order valence-corrected chi connectivity index (χ4v) is 2.18. The lowest BCUT2D eigenvalue weighted by Gasteiger charge is -2.22. The van der Waals surface area contributed by atoms with Crippen molar-refractivity contribution in [3.63, 3.8) is 0 Å². The van der Waals surface area contributed by atoms with Crippen LogP contribution in [-0.2, 0) is 4.79 Å². The molecule has 0 spiro atoms. The van der Waals surface area contributed by atoms with E-state index in [2.05, 4.69) is 24.0 Å². The van der Waals surface area contributed by atoms with E-state index in [1.165, 1.54) is 5.56 Å². The van der Waals surface area contributed by atoms with Gasteiger partial charge in [-0.15, -0.1) is 0 Å². The van der Waals surface area contributed by atoms with Crippen LogP contribution < -0.4 is 4.90 Å². The molecule has 0 radical (unpaired) electrons. The van der Waals surface area contributed by atoms with Gasteiger partial charge < -0.3 is 10.0 Å². The fourth-order valence-electron chi connectivity index (χ4n) is 2.18. The van der Waals surface area contributed by atoms with Crippen LogP contribution in [0.3, 0.4) is 0 Å². The molecule has 1 saturated heterocycles. The maximum absolute atomic E-state index is 11.1. The molecular formula is C13H17NO2. The van der Waals surface area contributed by atoms with Crippen LogP contribution in [0.4, 0.5) is 5.69 Å². The van der Waals surface area contributed by atoms with Gasteiger partial charge in [0.25, 0.3) is 0 Å². The average Bonchev–Trinajstić information content (AvgIpc) is 2.62. The van der Waals surface area contributed by atoms with Gasteiger partial charge in [0.2, 0.25) is 0 Å². The summed E-state index contributed by atoms with van der Waals surface area (Å²) in [5, 5.41) is 9.17. The molecule has 16 heavy (non-hydrogen) atoms. The highest BCUT2D eigenvalue weighted by Gasteiger charge is 2.40. The minimum atomic E-state index is -0.692. The van der Waals surface area contributed by atoms with E-state index in [0.29, 0.717) is 6.54 Å². The van der Waals surface area contributed by atoms with E-state index in [1.807, 2.05) is 19.1 Å². The van der Waals surface area contributed by atoms with Gasteiger partial charge in [-0.3, -0.25) is 4.79 Å². The van der Waals surface area contributed by atoms with Gasteiger partial charge in [0.05, 0.1) is 5.41 Å². The van der Waals surface area contributed by atoms with Gasteiger partial charge in [0, 0.05) is 18.8 Å². The van der Waals surface area contributed by atoms with Crippen molar-refractivity contribution < 1.29 is 9.90 Å². The molecule has 1 atom stereocenters. The lowest BCUT2D eigenvalue weighted by Crippen LogP contribution is -2.31. The molecule has 1 aromatic carbocycles. The molecule has 3 heteroatoms. The Morgan fingerprint density at radius 1 is 1.50 bits per heavy atom. The summed E-state index contributed by atoms with van der Waals surface area (Å²) in [4.78, 5) is 13.3. The third-order valence-electron chi connectivity index (χ3n) is 3.36. The van der Waals surface area contributed by atoms with E-state index in [4.69, 9.17) is 5.11 Å². The Morgan fingerprint density at radius 3 is 2.81 bits per heavy atom. The second-order valence-electron chi connectivity index (χ2n) is 4.88. The van der Waals surface area contributed by atoms with Crippen LogP contribution in [0.25, 0.3) is 0 Å². The molecular weight excluding hydrogens is 202 g/mol. The first-order valence-corrected chi connectivity index (χ1v) is 5.56. The number of anilines is 1. The molecule has 0 saturated carbocycles. The minimum absolute atomic E-state index is 0.594. The lowest BCUT2D eigenvalue weighted by atomic mass is 9.90. The summed E-state index contributed by atoms with van der Waals surface area (Å²) in [6, 6.07) is 8.21. The summed E-state index contributed by atoms with van der Waals surface area (Å²) in [7, 11) is 0. The number of carboxylic acid groups (broad SMARTS) is 1. The number of hydrogen-bond acceptors (Lipinski definition) is 2. The van der Waals surface area contributed by atoms with E-state index < -0.39 is 11.4 Å². The van der Waals surface area contributed by atoms with Crippen molar-refractivity contribution in [2.45, 2.75) is 20.3 Å². The second-order valence-corrected chi connectivity index (χ2v) is 4.88. The molecule has 1 heterocycles. The molecule has 0 amide bonds. The fraction of sp³-hybridized carbons (Fsp3) is 0.462. The van der Waals surface area contributed by atoms with Crippen molar-refractivity contribution in [1.82, 2.24) is 0 Å². The van der Waals surface area contributed by atoms with Crippen LogP contribution in [0.2, 0.25) is 0 Å². The van der Waals surface area contributed by atoms with Crippen LogP contribution in [0, 0.1) is 12.3 Å². The second kappa shape index (κ2) is 3.81. The number of hydrogen-bond donors (Lipinski definition) is 1. The van der Waals surface area contributed by atoms with Crippen LogP contribution in [-0.4, -0.2) is 24.2 Å². The summed E-state index contributed by atoms with van der Waals surface area (Å²) < 4.78 is 0. The molecule has 1 N–H and O–H groups in total. The summed E-state index contributed by atoms with van der Waals surface area (Å²) in [6.07, 6.45) is 0.719. The highest BCUT2D eigenvalue weighted by Crippen LogP contribution is 2.33. The Hall–Kier alpha value is -1.51. The zero-order chi connectivity index (χ0) is 11.8. The molecule has 3 nitrogen and oxygen atoms in total. The van der Waals surface area contributed by atoms with Crippen molar-refractivity contribution in [1.29, 1.82) is 0 Å². The Labute approximate surface area is 95.7 Å².